The highest BCUT2D eigenvalue weighted by atomic mass is 16.2. The van der Waals surface area contributed by atoms with Crippen molar-refractivity contribution >= 4 is 28.8 Å². The lowest BCUT2D eigenvalue weighted by Crippen LogP contribution is -2.25. The first-order valence-electron chi connectivity index (χ1n) is 5.14. The summed E-state index contributed by atoms with van der Waals surface area (Å²) < 4.78 is 2.32. The van der Waals surface area contributed by atoms with E-state index in [1.807, 2.05) is 0 Å². The number of carbonyl (C=O) groups excluding carboxylic acids is 2. The molecule has 2 aromatic heterocycles. The van der Waals surface area contributed by atoms with Gasteiger partial charge in [0.2, 0.25) is 11.8 Å². The molecule has 0 aliphatic heterocycles. The van der Waals surface area contributed by atoms with E-state index in [4.69, 9.17) is 0 Å². The van der Waals surface area contributed by atoms with E-state index in [9.17, 15) is 14.4 Å². The number of rotatable bonds is 1. The number of carbonyl (C=O) groups is 2. The molecule has 2 rings (SSSR count). The minimum Gasteiger partial charge on any atom is -0.310 e. The van der Waals surface area contributed by atoms with Gasteiger partial charge in [-0.1, -0.05) is 0 Å². The molecule has 1 N–H and O–H groups in total. The van der Waals surface area contributed by atoms with Crippen LogP contribution in [0.25, 0.3) is 11.2 Å². The van der Waals surface area contributed by atoms with Gasteiger partial charge < -0.3 is 5.32 Å². The molecule has 8 nitrogen and oxygen atoms in total. The van der Waals surface area contributed by atoms with Gasteiger partial charge in [-0.2, -0.15) is 4.98 Å². The first-order chi connectivity index (χ1) is 8.41. The lowest BCUT2D eigenvalue weighted by atomic mass is 10.4. The van der Waals surface area contributed by atoms with Crippen molar-refractivity contribution in [2.24, 2.45) is 7.05 Å². The van der Waals surface area contributed by atoms with Crippen molar-refractivity contribution in [2.75, 3.05) is 5.32 Å². The molecule has 0 fully saturated rings. The van der Waals surface area contributed by atoms with E-state index in [0.29, 0.717) is 5.52 Å². The van der Waals surface area contributed by atoms with Crippen molar-refractivity contribution in [1.82, 2.24) is 19.1 Å². The van der Waals surface area contributed by atoms with Crippen LogP contribution < -0.4 is 11.0 Å². The van der Waals surface area contributed by atoms with Crippen LogP contribution in [0.3, 0.4) is 0 Å². The van der Waals surface area contributed by atoms with Crippen LogP contribution in [0.15, 0.2) is 11.1 Å². The Morgan fingerprint density at radius 1 is 1.33 bits per heavy atom. The second-order valence-electron chi connectivity index (χ2n) is 3.79. The van der Waals surface area contributed by atoms with E-state index in [2.05, 4.69) is 15.3 Å². The van der Waals surface area contributed by atoms with Crippen molar-refractivity contribution in [3.63, 3.8) is 0 Å². The predicted molar refractivity (Wildman–Crippen MR) is 63.4 cm³/mol. The van der Waals surface area contributed by atoms with Crippen molar-refractivity contribution < 1.29 is 9.59 Å². The third-order valence-corrected chi connectivity index (χ3v) is 2.42. The fourth-order valence-electron chi connectivity index (χ4n) is 1.58. The SMILES string of the molecule is CC(=O)Nc1c2ncn(C(C)=O)c2nc(=O)n1C. The number of imidazole rings is 1. The van der Waals surface area contributed by atoms with Crippen LogP contribution in [0.1, 0.15) is 18.6 Å². The third-order valence-electron chi connectivity index (χ3n) is 2.42. The standard InChI is InChI=1S/C10H11N5O3/c1-5(16)12-8-7-9(13-10(18)14(8)3)15(4-11-7)6(2)17/h4H,1-3H3,(H,12,16). The molecular formula is C10H11N5O3. The Kier molecular flexibility index (Phi) is 2.70. The molecular weight excluding hydrogens is 238 g/mol. The van der Waals surface area contributed by atoms with E-state index in [1.165, 1.54) is 31.8 Å². The van der Waals surface area contributed by atoms with Gasteiger partial charge in [-0.3, -0.25) is 18.7 Å². The van der Waals surface area contributed by atoms with Gasteiger partial charge in [0, 0.05) is 20.9 Å². The van der Waals surface area contributed by atoms with Crippen molar-refractivity contribution in [3.05, 3.63) is 16.8 Å². The zero-order valence-electron chi connectivity index (χ0n) is 10.1. The molecule has 0 unspecified atom stereocenters. The van der Waals surface area contributed by atoms with Crippen molar-refractivity contribution in [2.45, 2.75) is 13.8 Å². The molecule has 0 atom stereocenters. The summed E-state index contributed by atoms with van der Waals surface area (Å²) in [6, 6.07) is 0. The average Bonchev–Trinajstić information content (AvgIpc) is 2.67. The fraction of sp³-hybridized carbons (Fsp3) is 0.300. The van der Waals surface area contributed by atoms with Crippen LogP contribution >= 0.6 is 0 Å². The maximum atomic E-state index is 11.7. The van der Waals surface area contributed by atoms with E-state index in [-0.39, 0.29) is 23.3 Å². The molecule has 2 aromatic rings. The highest BCUT2D eigenvalue weighted by Crippen LogP contribution is 2.17. The summed E-state index contributed by atoms with van der Waals surface area (Å²) in [5.41, 5.74) is -0.147. The topological polar surface area (TPSA) is 98.9 Å². The van der Waals surface area contributed by atoms with Gasteiger partial charge in [-0.15, -0.1) is 0 Å². The van der Waals surface area contributed by atoms with Crippen LogP contribution in [-0.4, -0.2) is 30.9 Å². The maximum absolute atomic E-state index is 11.7. The summed E-state index contributed by atoms with van der Waals surface area (Å²) in [6.45, 7) is 2.65. The molecule has 0 bridgehead atoms. The molecule has 94 valence electrons. The van der Waals surface area contributed by atoms with E-state index < -0.39 is 5.69 Å². The average molecular weight is 249 g/mol. The minimum atomic E-state index is -0.575. The smallest absolute Gasteiger partial charge is 0.310 e. The number of amides is 1. The molecule has 0 saturated heterocycles. The first-order valence-corrected chi connectivity index (χ1v) is 5.14. The number of anilines is 1. The molecule has 0 radical (unpaired) electrons. The summed E-state index contributed by atoms with van der Waals surface area (Å²) in [6.07, 6.45) is 1.27. The second-order valence-corrected chi connectivity index (χ2v) is 3.79. The molecule has 0 aliphatic carbocycles. The van der Waals surface area contributed by atoms with E-state index in [1.54, 1.807) is 0 Å². The summed E-state index contributed by atoms with van der Waals surface area (Å²) in [5, 5.41) is 2.51. The fourth-order valence-corrected chi connectivity index (χ4v) is 1.58. The third kappa shape index (κ3) is 1.77. The molecule has 8 heteroatoms. The number of nitrogens with one attached hydrogen (secondary N) is 1. The van der Waals surface area contributed by atoms with E-state index >= 15 is 0 Å². The van der Waals surface area contributed by atoms with Gasteiger partial charge in [0.25, 0.3) is 0 Å². The number of fused-ring (bicyclic) bond motifs is 1. The number of hydrogen-bond acceptors (Lipinski definition) is 5. The molecule has 0 spiro atoms. The number of aromatic nitrogens is 4. The first kappa shape index (κ1) is 12.0. The Balaban J connectivity index is 2.83. The second kappa shape index (κ2) is 4.06. The van der Waals surface area contributed by atoms with Crippen LogP contribution in [0, 0.1) is 0 Å². The van der Waals surface area contributed by atoms with Crippen LogP contribution in [0.5, 0.6) is 0 Å². The quantitative estimate of drug-likeness (QED) is 0.751. The van der Waals surface area contributed by atoms with Gasteiger partial charge in [0.05, 0.1) is 0 Å². The lowest BCUT2D eigenvalue weighted by Gasteiger charge is -2.08. The molecule has 0 saturated carbocycles. The van der Waals surface area contributed by atoms with Gasteiger partial charge in [0.15, 0.2) is 5.65 Å². The van der Waals surface area contributed by atoms with Crippen molar-refractivity contribution in [3.8, 4) is 0 Å². The Bertz CT molecular complexity index is 712. The Morgan fingerprint density at radius 3 is 2.56 bits per heavy atom. The molecule has 1 amide bonds. The highest BCUT2D eigenvalue weighted by Gasteiger charge is 2.16. The van der Waals surface area contributed by atoms with Gasteiger partial charge >= 0.3 is 5.69 Å². The van der Waals surface area contributed by atoms with E-state index in [0.717, 1.165) is 4.57 Å². The molecule has 18 heavy (non-hydrogen) atoms. The van der Waals surface area contributed by atoms with Gasteiger partial charge in [0.1, 0.15) is 17.7 Å². The largest absolute Gasteiger partial charge is 0.351 e. The van der Waals surface area contributed by atoms with Crippen LogP contribution in [0.2, 0.25) is 0 Å². The lowest BCUT2D eigenvalue weighted by molar-refractivity contribution is -0.114. The summed E-state index contributed by atoms with van der Waals surface area (Å²) >= 11 is 0. The zero-order valence-corrected chi connectivity index (χ0v) is 10.1. The monoisotopic (exact) mass is 249 g/mol. The summed E-state index contributed by atoms with van der Waals surface area (Å²) in [4.78, 5) is 41.9. The Hall–Kier alpha value is -2.51. The van der Waals surface area contributed by atoms with Crippen LogP contribution in [-0.2, 0) is 11.8 Å². The van der Waals surface area contributed by atoms with Gasteiger partial charge in [-0.05, 0) is 0 Å². The predicted octanol–water partition coefficient (Wildman–Crippen LogP) is -0.252. The zero-order chi connectivity index (χ0) is 13.4. The Morgan fingerprint density at radius 2 is 2.00 bits per heavy atom. The Labute approximate surface area is 101 Å². The maximum Gasteiger partial charge on any atom is 0.351 e. The molecule has 0 aliphatic rings. The van der Waals surface area contributed by atoms with Gasteiger partial charge in [-0.25, -0.2) is 9.78 Å². The van der Waals surface area contributed by atoms with Crippen molar-refractivity contribution in [1.29, 1.82) is 0 Å². The number of nitrogens with zero attached hydrogens (tertiary/aromatic N) is 4. The highest BCUT2D eigenvalue weighted by molar-refractivity contribution is 5.98. The minimum absolute atomic E-state index is 0.134. The molecule has 2 heterocycles. The summed E-state index contributed by atoms with van der Waals surface area (Å²) in [7, 11) is 1.47. The van der Waals surface area contributed by atoms with Crippen LogP contribution in [0.4, 0.5) is 5.82 Å². The number of hydrogen-bond donors (Lipinski definition) is 1. The summed E-state index contributed by atoms with van der Waals surface area (Å²) in [5.74, 6) is -0.431. The molecule has 0 aromatic carbocycles. The normalized spacial score (nSPS) is 10.6.